The number of aromatic nitrogens is 5. The van der Waals surface area contributed by atoms with Crippen LogP contribution < -0.4 is 9.80 Å². The van der Waals surface area contributed by atoms with E-state index in [1.807, 2.05) is 42.2 Å². The lowest BCUT2D eigenvalue weighted by Gasteiger charge is -2.35. The summed E-state index contributed by atoms with van der Waals surface area (Å²) < 4.78 is 3.05. The van der Waals surface area contributed by atoms with E-state index < -0.39 is 0 Å². The Kier molecular flexibility index (Phi) is 3.30. The normalized spacial score (nSPS) is 15.4. The molecule has 4 aromatic rings. The number of aryl methyl sites for hydroxylation is 1. The molecule has 0 spiro atoms. The second-order valence-electron chi connectivity index (χ2n) is 6.19. The van der Waals surface area contributed by atoms with Gasteiger partial charge in [0.25, 0.3) is 0 Å². The standard InChI is InChI=1S/C17H17N7S/c1-12-11-24-15(19-12)2-3-16(21-24)22-6-8-23(9-7-22)17-20-13-10-18-5-4-14(13)25-17/h2-5,10-11H,6-9H2,1H3. The lowest BCUT2D eigenvalue weighted by molar-refractivity contribution is 0.641. The lowest BCUT2D eigenvalue weighted by atomic mass is 10.3. The maximum Gasteiger partial charge on any atom is 0.186 e. The van der Waals surface area contributed by atoms with Gasteiger partial charge in [0.15, 0.2) is 10.8 Å². The molecule has 0 amide bonds. The Bertz CT molecular complexity index is 1010. The van der Waals surface area contributed by atoms with E-state index in [-0.39, 0.29) is 0 Å². The van der Waals surface area contributed by atoms with Crippen LogP contribution in [0, 0.1) is 6.92 Å². The van der Waals surface area contributed by atoms with Gasteiger partial charge in [-0.15, -0.1) is 5.10 Å². The third-order valence-corrected chi connectivity index (χ3v) is 5.58. The number of imidazole rings is 1. The highest BCUT2D eigenvalue weighted by molar-refractivity contribution is 7.22. The number of rotatable bonds is 2. The van der Waals surface area contributed by atoms with Crippen molar-refractivity contribution < 1.29 is 0 Å². The molecule has 25 heavy (non-hydrogen) atoms. The van der Waals surface area contributed by atoms with Crippen LogP contribution in [0.3, 0.4) is 0 Å². The molecule has 4 aromatic heterocycles. The summed E-state index contributed by atoms with van der Waals surface area (Å²) >= 11 is 1.73. The Morgan fingerprint density at radius 2 is 1.84 bits per heavy atom. The van der Waals surface area contributed by atoms with E-state index in [2.05, 4.69) is 25.8 Å². The summed E-state index contributed by atoms with van der Waals surface area (Å²) in [5.74, 6) is 0.998. The Hall–Kier alpha value is -2.74. The fourth-order valence-corrected chi connectivity index (χ4v) is 4.17. The highest BCUT2D eigenvalue weighted by atomic mass is 32.1. The minimum atomic E-state index is 0.892. The molecule has 0 atom stereocenters. The first kappa shape index (κ1) is 14.6. The summed E-state index contributed by atoms with van der Waals surface area (Å²) in [6.07, 6.45) is 5.62. The Balaban J connectivity index is 1.34. The highest BCUT2D eigenvalue weighted by Gasteiger charge is 2.21. The van der Waals surface area contributed by atoms with Crippen molar-refractivity contribution in [3.8, 4) is 0 Å². The second kappa shape index (κ2) is 5.66. The zero-order valence-corrected chi connectivity index (χ0v) is 14.6. The number of nitrogens with zero attached hydrogens (tertiary/aromatic N) is 7. The molecule has 5 heterocycles. The second-order valence-corrected chi connectivity index (χ2v) is 7.20. The van der Waals surface area contributed by atoms with Crippen LogP contribution in [0.1, 0.15) is 5.69 Å². The fourth-order valence-electron chi connectivity index (χ4n) is 3.19. The highest BCUT2D eigenvalue weighted by Crippen LogP contribution is 2.29. The number of pyridine rings is 1. The number of thiazole rings is 1. The van der Waals surface area contributed by atoms with Gasteiger partial charge in [0.2, 0.25) is 0 Å². The van der Waals surface area contributed by atoms with Gasteiger partial charge >= 0.3 is 0 Å². The molecule has 0 bridgehead atoms. The van der Waals surface area contributed by atoms with E-state index in [1.165, 1.54) is 4.70 Å². The first-order chi connectivity index (χ1) is 12.3. The van der Waals surface area contributed by atoms with E-state index >= 15 is 0 Å². The molecule has 0 radical (unpaired) electrons. The van der Waals surface area contributed by atoms with Crippen LogP contribution in [0.2, 0.25) is 0 Å². The average Bonchev–Trinajstić information content (AvgIpc) is 3.23. The zero-order chi connectivity index (χ0) is 16.8. The van der Waals surface area contributed by atoms with Crippen molar-refractivity contribution in [2.45, 2.75) is 6.92 Å². The summed E-state index contributed by atoms with van der Waals surface area (Å²) in [4.78, 5) is 18.0. The molecule has 5 rings (SSSR count). The molecular formula is C17H17N7S. The molecule has 0 aliphatic carbocycles. The molecule has 1 fully saturated rings. The van der Waals surface area contributed by atoms with Gasteiger partial charge in [-0.25, -0.2) is 14.5 Å². The van der Waals surface area contributed by atoms with Crippen molar-refractivity contribution >= 4 is 38.2 Å². The Labute approximate surface area is 148 Å². The third kappa shape index (κ3) is 2.58. The van der Waals surface area contributed by atoms with Gasteiger partial charge in [-0.3, -0.25) is 4.98 Å². The first-order valence-corrected chi connectivity index (χ1v) is 9.11. The number of anilines is 2. The van der Waals surface area contributed by atoms with Crippen LogP contribution in [0.25, 0.3) is 15.9 Å². The molecule has 0 unspecified atom stereocenters. The maximum atomic E-state index is 4.71. The third-order valence-electron chi connectivity index (χ3n) is 4.48. The molecular weight excluding hydrogens is 334 g/mol. The van der Waals surface area contributed by atoms with Crippen LogP contribution in [0.4, 0.5) is 10.9 Å². The predicted octanol–water partition coefficient (Wildman–Crippen LogP) is 2.37. The quantitative estimate of drug-likeness (QED) is 0.552. The molecule has 1 saturated heterocycles. The summed E-state index contributed by atoms with van der Waals surface area (Å²) in [7, 11) is 0. The van der Waals surface area contributed by atoms with Crippen molar-refractivity contribution in [3.63, 3.8) is 0 Å². The van der Waals surface area contributed by atoms with Gasteiger partial charge in [-0.2, -0.15) is 0 Å². The Morgan fingerprint density at radius 1 is 1.00 bits per heavy atom. The van der Waals surface area contributed by atoms with E-state index in [4.69, 9.17) is 10.1 Å². The smallest absolute Gasteiger partial charge is 0.186 e. The molecule has 1 aliphatic rings. The van der Waals surface area contributed by atoms with Crippen LogP contribution >= 0.6 is 11.3 Å². The molecule has 126 valence electrons. The van der Waals surface area contributed by atoms with Crippen LogP contribution in [0.15, 0.2) is 36.8 Å². The van der Waals surface area contributed by atoms with Gasteiger partial charge in [0.1, 0.15) is 11.3 Å². The summed E-state index contributed by atoms with van der Waals surface area (Å²) in [5.41, 5.74) is 2.86. The van der Waals surface area contributed by atoms with Crippen molar-refractivity contribution in [1.29, 1.82) is 0 Å². The molecule has 0 saturated carbocycles. The SMILES string of the molecule is Cc1cn2nc(N3CCN(c4nc5cnccc5s4)CC3)ccc2n1. The van der Waals surface area contributed by atoms with Gasteiger partial charge in [0.05, 0.1) is 22.8 Å². The fraction of sp³-hybridized carbons (Fsp3) is 0.294. The van der Waals surface area contributed by atoms with Gasteiger partial charge in [-0.05, 0) is 25.1 Å². The Morgan fingerprint density at radius 3 is 2.68 bits per heavy atom. The number of piperazine rings is 1. The number of hydrogen-bond acceptors (Lipinski definition) is 7. The number of fused-ring (bicyclic) bond motifs is 2. The lowest BCUT2D eigenvalue weighted by Crippen LogP contribution is -2.46. The van der Waals surface area contributed by atoms with Crippen LogP contribution in [0.5, 0.6) is 0 Å². The van der Waals surface area contributed by atoms with Crippen LogP contribution in [-0.2, 0) is 0 Å². The van der Waals surface area contributed by atoms with E-state index in [0.29, 0.717) is 0 Å². The molecule has 8 heteroatoms. The van der Waals surface area contributed by atoms with Crippen molar-refractivity contribution in [3.05, 3.63) is 42.5 Å². The maximum absolute atomic E-state index is 4.71. The van der Waals surface area contributed by atoms with E-state index in [0.717, 1.165) is 54.0 Å². The molecule has 7 nitrogen and oxygen atoms in total. The van der Waals surface area contributed by atoms with Crippen molar-refractivity contribution in [2.24, 2.45) is 0 Å². The van der Waals surface area contributed by atoms with Crippen LogP contribution in [-0.4, -0.2) is 50.7 Å². The van der Waals surface area contributed by atoms with Gasteiger partial charge < -0.3 is 9.80 Å². The zero-order valence-electron chi connectivity index (χ0n) is 13.8. The number of hydrogen-bond donors (Lipinski definition) is 0. The first-order valence-electron chi connectivity index (χ1n) is 8.30. The van der Waals surface area contributed by atoms with Gasteiger partial charge in [-0.1, -0.05) is 11.3 Å². The van der Waals surface area contributed by atoms with E-state index in [1.54, 1.807) is 11.3 Å². The summed E-state index contributed by atoms with van der Waals surface area (Å²) in [6.45, 7) is 5.73. The predicted molar refractivity (Wildman–Crippen MR) is 99.6 cm³/mol. The largest absolute Gasteiger partial charge is 0.352 e. The van der Waals surface area contributed by atoms with E-state index in [9.17, 15) is 0 Å². The molecule has 0 N–H and O–H groups in total. The van der Waals surface area contributed by atoms with Gasteiger partial charge in [0, 0.05) is 32.4 Å². The topological polar surface area (TPSA) is 62.5 Å². The molecule has 1 aliphatic heterocycles. The minimum Gasteiger partial charge on any atom is -0.352 e. The minimum absolute atomic E-state index is 0.892. The monoisotopic (exact) mass is 351 g/mol. The van der Waals surface area contributed by atoms with Crippen molar-refractivity contribution in [1.82, 2.24) is 24.6 Å². The average molecular weight is 351 g/mol. The summed E-state index contributed by atoms with van der Waals surface area (Å²) in [6, 6.07) is 6.11. The van der Waals surface area contributed by atoms with Crippen molar-refractivity contribution in [2.75, 3.05) is 36.0 Å². The molecule has 0 aromatic carbocycles. The summed E-state index contributed by atoms with van der Waals surface area (Å²) in [5, 5.41) is 5.77.